The first-order chi connectivity index (χ1) is 12.0. The van der Waals surface area contributed by atoms with Crippen molar-refractivity contribution in [3.05, 3.63) is 47.5 Å². The predicted molar refractivity (Wildman–Crippen MR) is 96.6 cm³/mol. The average Bonchev–Trinajstić information content (AvgIpc) is 3.14. The first-order valence-corrected chi connectivity index (χ1v) is 9.13. The predicted octanol–water partition coefficient (Wildman–Crippen LogP) is 3.14. The zero-order chi connectivity index (χ0) is 17.4. The van der Waals surface area contributed by atoms with E-state index >= 15 is 0 Å². The molecule has 0 saturated carbocycles. The van der Waals surface area contributed by atoms with Crippen LogP contribution in [0.15, 0.2) is 30.7 Å². The Morgan fingerprint density at radius 3 is 3.04 bits per heavy atom. The van der Waals surface area contributed by atoms with Crippen molar-refractivity contribution in [2.75, 3.05) is 6.61 Å². The van der Waals surface area contributed by atoms with E-state index in [1.54, 1.807) is 0 Å². The van der Waals surface area contributed by atoms with Gasteiger partial charge in [-0.05, 0) is 32.3 Å². The zero-order valence-electron chi connectivity index (χ0n) is 15.3. The van der Waals surface area contributed by atoms with Gasteiger partial charge in [0.05, 0.1) is 18.2 Å². The third-order valence-corrected chi connectivity index (χ3v) is 5.22. The molecule has 1 fully saturated rings. The molecule has 2 aromatic rings. The van der Waals surface area contributed by atoms with Crippen molar-refractivity contribution in [3.8, 4) is 5.75 Å². The fourth-order valence-electron chi connectivity index (χ4n) is 3.94. The highest BCUT2D eigenvalue weighted by Crippen LogP contribution is 2.37. The molecule has 5 heteroatoms. The molecule has 2 aliphatic rings. The van der Waals surface area contributed by atoms with Gasteiger partial charge in [0.15, 0.2) is 0 Å². The summed E-state index contributed by atoms with van der Waals surface area (Å²) in [5.74, 6) is 1.08. The van der Waals surface area contributed by atoms with E-state index in [4.69, 9.17) is 9.47 Å². The molecule has 0 amide bonds. The molecule has 3 heterocycles. The van der Waals surface area contributed by atoms with Crippen LogP contribution in [0.5, 0.6) is 5.75 Å². The summed E-state index contributed by atoms with van der Waals surface area (Å²) in [6.07, 6.45) is 6.86. The minimum atomic E-state index is -0.0955. The second-order valence-corrected chi connectivity index (χ2v) is 7.83. The molecular formula is C20H27N3O2. The topological polar surface area (TPSA) is 48.3 Å². The van der Waals surface area contributed by atoms with Gasteiger partial charge in [-0.15, -0.1) is 0 Å². The number of imidazole rings is 1. The molecule has 0 radical (unpaired) electrons. The molecule has 2 aliphatic heterocycles. The Labute approximate surface area is 149 Å². The van der Waals surface area contributed by atoms with E-state index in [-0.39, 0.29) is 11.7 Å². The highest BCUT2D eigenvalue weighted by molar-refractivity contribution is 5.45. The van der Waals surface area contributed by atoms with E-state index in [2.05, 4.69) is 42.3 Å². The normalized spacial score (nSPS) is 24.8. The van der Waals surface area contributed by atoms with Crippen LogP contribution in [0, 0.1) is 0 Å². The number of benzene rings is 1. The Hall–Kier alpha value is -1.85. The summed E-state index contributed by atoms with van der Waals surface area (Å²) in [5, 5.41) is 3.72. The Morgan fingerprint density at radius 2 is 2.24 bits per heavy atom. The fraction of sp³-hybridized carbons (Fsp3) is 0.550. The van der Waals surface area contributed by atoms with E-state index in [1.807, 2.05) is 24.1 Å². The summed E-state index contributed by atoms with van der Waals surface area (Å²) in [6, 6.07) is 6.94. The van der Waals surface area contributed by atoms with Gasteiger partial charge in [-0.3, -0.25) is 0 Å². The van der Waals surface area contributed by atoms with Gasteiger partial charge in [0.2, 0.25) is 0 Å². The molecule has 2 atom stereocenters. The molecule has 4 rings (SSSR count). The standard InChI is InChI=1S/C20H27N3O2/c1-20(2)10-14-5-4-6-15(19(14)25-20)11-22-16-7-8-24-18(9-16)17-12-21-13-23(17)3/h4-6,12-13,16,18,22H,7-11H2,1-3H3/t16-,18+/m1/s1. The SMILES string of the molecule is Cn1cncc1[C@@H]1C[C@H](NCc2cccc3c2OC(C)(C)C3)CCO1. The maximum Gasteiger partial charge on any atom is 0.127 e. The lowest BCUT2D eigenvalue weighted by atomic mass is 9.99. The molecule has 25 heavy (non-hydrogen) atoms. The van der Waals surface area contributed by atoms with Crippen molar-refractivity contribution in [3.63, 3.8) is 0 Å². The van der Waals surface area contributed by atoms with Crippen molar-refractivity contribution in [1.82, 2.24) is 14.9 Å². The number of rotatable bonds is 4. The highest BCUT2D eigenvalue weighted by atomic mass is 16.5. The number of hydrogen-bond donors (Lipinski definition) is 1. The summed E-state index contributed by atoms with van der Waals surface area (Å²) in [4.78, 5) is 4.21. The van der Waals surface area contributed by atoms with Gasteiger partial charge in [-0.25, -0.2) is 4.98 Å². The van der Waals surface area contributed by atoms with Gasteiger partial charge in [-0.1, -0.05) is 18.2 Å². The second-order valence-electron chi connectivity index (χ2n) is 7.83. The van der Waals surface area contributed by atoms with Crippen LogP contribution in [0.3, 0.4) is 0 Å². The number of para-hydroxylation sites is 1. The quantitative estimate of drug-likeness (QED) is 0.928. The van der Waals surface area contributed by atoms with Crippen molar-refractivity contribution in [1.29, 1.82) is 0 Å². The molecule has 0 spiro atoms. The van der Waals surface area contributed by atoms with Crippen LogP contribution < -0.4 is 10.1 Å². The van der Waals surface area contributed by atoms with E-state index in [0.717, 1.165) is 43.9 Å². The average molecular weight is 341 g/mol. The van der Waals surface area contributed by atoms with E-state index in [1.165, 1.54) is 11.1 Å². The Kier molecular flexibility index (Phi) is 4.29. The summed E-state index contributed by atoms with van der Waals surface area (Å²) in [6.45, 7) is 5.92. The number of nitrogens with one attached hydrogen (secondary N) is 1. The zero-order valence-corrected chi connectivity index (χ0v) is 15.3. The number of aryl methyl sites for hydroxylation is 1. The number of ether oxygens (including phenoxy) is 2. The smallest absolute Gasteiger partial charge is 0.127 e. The third kappa shape index (κ3) is 3.44. The molecule has 134 valence electrons. The molecule has 1 saturated heterocycles. The number of fused-ring (bicyclic) bond motifs is 1. The summed E-state index contributed by atoms with van der Waals surface area (Å²) < 4.78 is 14.2. The minimum absolute atomic E-state index is 0.0955. The Balaban J connectivity index is 1.41. The first-order valence-electron chi connectivity index (χ1n) is 9.13. The number of aromatic nitrogens is 2. The van der Waals surface area contributed by atoms with Crippen molar-refractivity contribution in [2.45, 2.75) is 57.4 Å². The largest absolute Gasteiger partial charge is 0.487 e. The molecule has 1 aromatic heterocycles. The van der Waals surface area contributed by atoms with Crippen molar-refractivity contribution in [2.24, 2.45) is 7.05 Å². The molecule has 0 bridgehead atoms. The van der Waals surface area contributed by atoms with Crippen LogP contribution in [-0.2, 0) is 24.8 Å². The summed E-state index contributed by atoms with van der Waals surface area (Å²) in [7, 11) is 2.02. The molecule has 1 aromatic carbocycles. The van der Waals surface area contributed by atoms with E-state index in [0.29, 0.717) is 6.04 Å². The molecule has 5 nitrogen and oxygen atoms in total. The first kappa shape index (κ1) is 16.6. The molecule has 0 unspecified atom stereocenters. The van der Waals surface area contributed by atoms with Crippen LogP contribution in [0.4, 0.5) is 0 Å². The van der Waals surface area contributed by atoms with Gasteiger partial charge in [0.25, 0.3) is 0 Å². The second kappa shape index (κ2) is 6.46. The lowest BCUT2D eigenvalue weighted by Gasteiger charge is -2.30. The van der Waals surface area contributed by atoms with Crippen LogP contribution in [-0.4, -0.2) is 27.8 Å². The van der Waals surface area contributed by atoms with Gasteiger partial charge < -0.3 is 19.4 Å². The van der Waals surface area contributed by atoms with Crippen molar-refractivity contribution >= 4 is 0 Å². The van der Waals surface area contributed by atoms with Crippen molar-refractivity contribution < 1.29 is 9.47 Å². The highest BCUT2D eigenvalue weighted by Gasteiger charge is 2.32. The molecular weight excluding hydrogens is 314 g/mol. The minimum Gasteiger partial charge on any atom is -0.487 e. The molecule has 1 N–H and O–H groups in total. The van der Waals surface area contributed by atoms with Crippen LogP contribution in [0.1, 0.15) is 49.6 Å². The van der Waals surface area contributed by atoms with Gasteiger partial charge in [0, 0.05) is 38.2 Å². The number of nitrogens with zero attached hydrogens (tertiary/aromatic N) is 2. The van der Waals surface area contributed by atoms with Gasteiger partial charge in [0.1, 0.15) is 17.5 Å². The van der Waals surface area contributed by atoms with E-state index in [9.17, 15) is 0 Å². The Morgan fingerprint density at radius 1 is 1.36 bits per heavy atom. The monoisotopic (exact) mass is 341 g/mol. The summed E-state index contributed by atoms with van der Waals surface area (Å²) in [5.41, 5.74) is 3.63. The van der Waals surface area contributed by atoms with E-state index < -0.39 is 0 Å². The molecule has 0 aliphatic carbocycles. The van der Waals surface area contributed by atoms with Crippen LogP contribution >= 0.6 is 0 Å². The maximum atomic E-state index is 6.18. The Bertz CT molecular complexity index is 753. The van der Waals surface area contributed by atoms with Gasteiger partial charge in [-0.2, -0.15) is 0 Å². The number of hydrogen-bond acceptors (Lipinski definition) is 4. The van der Waals surface area contributed by atoms with Crippen LogP contribution in [0.25, 0.3) is 0 Å². The third-order valence-electron chi connectivity index (χ3n) is 5.22. The maximum absolute atomic E-state index is 6.18. The van der Waals surface area contributed by atoms with Gasteiger partial charge >= 0.3 is 0 Å². The van der Waals surface area contributed by atoms with Crippen LogP contribution in [0.2, 0.25) is 0 Å². The fourth-order valence-corrected chi connectivity index (χ4v) is 3.94. The lowest BCUT2D eigenvalue weighted by Crippen LogP contribution is -2.36. The summed E-state index contributed by atoms with van der Waals surface area (Å²) >= 11 is 0. The lowest BCUT2D eigenvalue weighted by molar-refractivity contribution is -0.00408.